The normalized spacial score (nSPS) is 10.7. The lowest BCUT2D eigenvalue weighted by atomic mass is 10.1. The van der Waals surface area contributed by atoms with Gasteiger partial charge < -0.3 is 5.32 Å². The molecule has 2 aromatic heterocycles. The summed E-state index contributed by atoms with van der Waals surface area (Å²) in [4.78, 5) is 8.93. The number of anilines is 2. The Balaban J connectivity index is 1.61. The Labute approximate surface area is 152 Å². The van der Waals surface area contributed by atoms with Crippen LogP contribution >= 0.6 is 0 Å². The van der Waals surface area contributed by atoms with E-state index in [0.29, 0.717) is 5.95 Å². The Morgan fingerprint density at radius 1 is 0.846 bits per heavy atom. The van der Waals surface area contributed by atoms with Gasteiger partial charge in [0, 0.05) is 18.1 Å². The number of benzene rings is 2. The van der Waals surface area contributed by atoms with Crippen LogP contribution in [0.2, 0.25) is 0 Å². The number of para-hydroxylation sites is 1. The van der Waals surface area contributed by atoms with Crippen LogP contribution in [-0.4, -0.2) is 19.7 Å². The first-order valence-corrected chi connectivity index (χ1v) is 8.47. The minimum atomic E-state index is 0.557. The van der Waals surface area contributed by atoms with Gasteiger partial charge in [0.05, 0.1) is 11.4 Å². The van der Waals surface area contributed by atoms with Crippen LogP contribution in [0.15, 0.2) is 73.1 Å². The van der Waals surface area contributed by atoms with Gasteiger partial charge in [-0.2, -0.15) is 5.10 Å². The molecule has 0 atom stereocenters. The molecule has 0 aliphatic carbocycles. The maximum absolute atomic E-state index is 4.63. The van der Waals surface area contributed by atoms with Gasteiger partial charge in [0.15, 0.2) is 0 Å². The fourth-order valence-corrected chi connectivity index (χ4v) is 2.92. The second kappa shape index (κ2) is 6.80. The largest absolute Gasteiger partial charge is 0.324 e. The molecule has 4 rings (SSSR count). The maximum atomic E-state index is 4.63. The lowest BCUT2D eigenvalue weighted by Crippen LogP contribution is -1.99. The Hall–Kier alpha value is -3.47. The summed E-state index contributed by atoms with van der Waals surface area (Å²) in [5.74, 6) is 0.557. The van der Waals surface area contributed by atoms with Gasteiger partial charge in [-0.3, -0.25) is 0 Å². The van der Waals surface area contributed by atoms with E-state index in [2.05, 4.69) is 52.4 Å². The molecule has 0 saturated carbocycles. The van der Waals surface area contributed by atoms with Crippen LogP contribution in [-0.2, 0) is 0 Å². The van der Waals surface area contributed by atoms with Gasteiger partial charge in [-0.15, -0.1) is 0 Å². The number of rotatable bonds is 4. The molecule has 0 aliphatic heterocycles. The number of aromatic nitrogens is 4. The Morgan fingerprint density at radius 3 is 2.38 bits per heavy atom. The molecule has 5 nitrogen and oxygen atoms in total. The molecule has 0 bridgehead atoms. The van der Waals surface area contributed by atoms with Crippen molar-refractivity contribution in [3.05, 3.63) is 84.2 Å². The Bertz CT molecular complexity index is 1020. The second-order valence-electron chi connectivity index (χ2n) is 6.25. The zero-order valence-electron chi connectivity index (χ0n) is 14.7. The Kier molecular flexibility index (Phi) is 4.19. The minimum Gasteiger partial charge on any atom is -0.324 e. The van der Waals surface area contributed by atoms with Crippen molar-refractivity contribution >= 4 is 11.6 Å². The molecular formula is C21H19N5. The van der Waals surface area contributed by atoms with Crippen molar-refractivity contribution in [2.45, 2.75) is 13.8 Å². The third-order valence-corrected chi connectivity index (χ3v) is 4.01. The molecule has 2 heterocycles. The number of hydrogen-bond donors (Lipinski definition) is 1. The molecule has 0 saturated heterocycles. The smallest absolute Gasteiger partial charge is 0.227 e. The van der Waals surface area contributed by atoms with Crippen molar-refractivity contribution in [2.75, 3.05) is 5.32 Å². The average molecular weight is 341 g/mol. The van der Waals surface area contributed by atoms with Crippen LogP contribution in [0.1, 0.15) is 11.1 Å². The Morgan fingerprint density at radius 2 is 1.62 bits per heavy atom. The zero-order valence-corrected chi connectivity index (χ0v) is 14.7. The van der Waals surface area contributed by atoms with Crippen LogP contribution < -0.4 is 5.32 Å². The number of aryl methyl sites for hydroxylation is 2. The first kappa shape index (κ1) is 16.0. The molecule has 5 heteroatoms. The summed E-state index contributed by atoms with van der Waals surface area (Å²) in [6.45, 7) is 4.15. The van der Waals surface area contributed by atoms with Crippen molar-refractivity contribution in [2.24, 2.45) is 0 Å². The fourth-order valence-electron chi connectivity index (χ4n) is 2.92. The summed E-state index contributed by atoms with van der Waals surface area (Å²) in [7, 11) is 0. The zero-order chi connectivity index (χ0) is 17.9. The molecule has 2 aromatic carbocycles. The van der Waals surface area contributed by atoms with Crippen LogP contribution in [0.4, 0.5) is 11.6 Å². The van der Waals surface area contributed by atoms with Gasteiger partial charge in [-0.1, -0.05) is 24.3 Å². The van der Waals surface area contributed by atoms with Gasteiger partial charge in [-0.25, -0.2) is 14.6 Å². The van der Waals surface area contributed by atoms with Crippen molar-refractivity contribution in [1.29, 1.82) is 0 Å². The van der Waals surface area contributed by atoms with E-state index in [-0.39, 0.29) is 0 Å². The highest BCUT2D eigenvalue weighted by molar-refractivity contribution is 5.60. The molecule has 0 spiro atoms. The van der Waals surface area contributed by atoms with Gasteiger partial charge >= 0.3 is 0 Å². The molecule has 0 fully saturated rings. The van der Waals surface area contributed by atoms with Gasteiger partial charge in [0.25, 0.3) is 0 Å². The van der Waals surface area contributed by atoms with E-state index in [1.54, 1.807) is 6.20 Å². The summed E-state index contributed by atoms with van der Waals surface area (Å²) in [5, 5.41) is 7.90. The summed E-state index contributed by atoms with van der Waals surface area (Å²) < 4.78 is 1.84. The van der Waals surface area contributed by atoms with E-state index in [1.807, 2.05) is 53.3 Å². The lowest BCUT2D eigenvalue weighted by molar-refractivity contribution is 0.882. The van der Waals surface area contributed by atoms with E-state index in [0.717, 1.165) is 22.8 Å². The fraction of sp³-hybridized carbons (Fsp3) is 0.0952. The first-order chi connectivity index (χ1) is 12.7. The molecule has 4 aromatic rings. The van der Waals surface area contributed by atoms with Gasteiger partial charge in [-0.05, 0) is 61.4 Å². The summed E-state index contributed by atoms with van der Waals surface area (Å²) in [5.41, 5.74) is 5.98. The van der Waals surface area contributed by atoms with Crippen molar-refractivity contribution in [3.63, 3.8) is 0 Å². The topological polar surface area (TPSA) is 55.6 Å². The standard InChI is InChI=1S/C21H19N5/c1-15-12-16(2)14-17(13-15)23-21-22-10-8-19(24-21)20-9-11-26(25-20)18-6-4-3-5-7-18/h3-14H,1-2H3,(H,22,23,24). The SMILES string of the molecule is Cc1cc(C)cc(Nc2nccc(-c3ccn(-c4ccccc4)n3)n2)c1. The van der Waals surface area contributed by atoms with Crippen LogP contribution in [0.3, 0.4) is 0 Å². The van der Waals surface area contributed by atoms with Crippen LogP contribution in [0.25, 0.3) is 17.1 Å². The third-order valence-electron chi connectivity index (χ3n) is 4.01. The average Bonchev–Trinajstić information content (AvgIpc) is 3.12. The second-order valence-corrected chi connectivity index (χ2v) is 6.25. The molecular weight excluding hydrogens is 322 g/mol. The monoisotopic (exact) mass is 341 g/mol. The van der Waals surface area contributed by atoms with E-state index >= 15 is 0 Å². The molecule has 0 aliphatic rings. The quantitative estimate of drug-likeness (QED) is 0.585. The van der Waals surface area contributed by atoms with E-state index in [9.17, 15) is 0 Å². The van der Waals surface area contributed by atoms with Crippen LogP contribution in [0, 0.1) is 13.8 Å². The van der Waals surface area contributed by atoms with Gasteiger partial charge in [0.1, 0.15) is 5.69 Å². The van der Waals surface area contributed by atoms with Crippen molar-refractivity contribution in [1.82, 2.24) is 19.7 Å². The highest BCUT2D eigenvalue weighted by Crippen LogP contribution is 2.20. The van der Waals surface area contributed by atoms with Crippen molar-refractivity contribution < 1.29 is 0 Å². The highest BCUT2D eigenvalue weighted by Gasteiger charge is 2.07. The van der Waals surface area contributed by atoms with E-state index < -0.39 is 0 Å². The molecule has 128 valence electrons. The van der Waals surface area contributed by atoms with Gasteiger partial charge in [0.2, 0.25) is 5.95 Å². The van der Waals surface area contributed by atoms with Crippen LogP contribution in [0.5, 0.6) is 0 Å². The number of hydrogen-bond acceptors (Lipinski definition) is 4. The summed E-state index contributed by atoms with van der Waals surface area (Å²) in [6, 6.07) is 20.1. The van der Waals surface area contributed by atoms with Crippen molar-refractivity contribution in [3.8, 4) is 17.1 Å². The minimum absolute atomic E-state index is 0.557. The first-order valence-electron chi connectivity index (χ1n) is 8.47. The maximum Gasteiger partial charge on any atom is 0.227 e. The molecule has 0 unspecified atom stereocenters. The summed E-state index contributed by atoms with van der Waals surface area (Å²) >= 11 is 0. The van der Waals surface area contributed by atoms with E-state index in [1.165, 1.54) is 11.1 Å². The lowest BCUT2D eigenvalue weighted by Gasteiger charge is -2.08. The predicted molar refractivity (Wildman–Crippen MR) is 104 cm³/mol. The summed E-state index contributed by atoms with van der Waals surface area (Å²) in [6.07, 6.45) is 3.68. The molecule has 1 N–H and O–H groups in total. The predicted octanol–water partition coefficient (Wildman–Crippen LogP) is 4.69. The number of nitrogens with one attached hydrogen (secondary N) is 1. The number of nitrogens with zero attached hydrogens (tertiary/aromatic N) is 4. The highest BCUT2D eigenvalue weighted by atomic mass is 15.3. The van der Waals surface area contributed by atoms with E-state index in [4.69, 9.17) is 0 Å². The molecule has 26 heavy (non-hydrogen) atoms. The molecule has 0 amide bonds. The molecule has 0 radical (unpaired) electrons. The third kappa shape index (κ3) is 3.47.